The molecule has 2 bridgehead atoms. The molecule has 0 aromatic carbocycles. The Morgan fingerprint density at radius 3 is 2.35 bits per heavy atom. The molecular formula is C20H34O6. The summed E-state index contributed by atoms with van der Waals surface area (Å²) in [4.78, 5) is 0. The fourth-order valence-corrected chi connectivity index (χ4v) is 5.36. The number of ether oxygens (including phenoxy) is 4. The van der Waals surface area contributed by atoms with Gasteiger partial charge in [-0.2, -0.15) is 0 Å². The van der Waals surface area contributed by atoms with Crippen LogP contribution in [-0.4, -0.2) is 62.4 Å². The molecule has 2 fully saturated rings. The Kier molecular flexibility index (Phi) is 7.11. The van der Waals surface area contributed by atoms with Crippen LogP contribution in [0, 0.1) is 17.8 Å². The molecule has 6 heteroatoms. The smallest absolute Gasteiger partial charge is 0.146 e. The van der Waals surface area contributed by atoms with Gasteiger partial charge >= 0.3 is 0 Å². The van der Waals surface area contributed by atoms with Gasteiger partial charge in [-0.05, 0) is 62.0 Å². The van der Waals surface area contributed by atoms with Gasteiger partial charge in [0.05, 0.1) is 24.4 Å². The zero-order chi connectivity index (χ0) is 18.7. The lowest BCUT2D eigenvalue weighted by molar-refractivity contribution is -0.187. The Hall–Kier alpha value is -0.500. The Morgan fingerprint density at radius 1 is 0.923 bits per heavy atom. The van der Waals surface area contributed by atoms with Crippen LogP contribution in [0.15, 0.2) is 11.1 Å². The lowest BCUT2D eigenvalue weighted by Crippen LogP contribution is -2.51. The van der Waals surface area contributed by atoms with Crippen LogP contribution in [0.1, 0.15) is 45.4 Å². The molecule has 3 rings (SSSR count). The van der Waals surface area contributed by atoms with Gasteiger partial charge in [-0.25, -0.2) is 0 Å². The van der Waals surface area contributed by atoms with Gasteiger partial charge in [0, 0.05) is 20.1 Å². The Morgan fingerprint density at radius 2 is 1.62 bits per heavy atom. The minimum Gasteiger partial charge on any atom is -0.389 e. The maximum Gasteiger partial charge on any atom is 0.146 e. The van der Waals surface area contributed by atoms with Crippen molar-refractivity contribution in [2.24, 2.45) is 17.8 Å². The van der Waals surface area contributed by atoms with Gasteiger partial charge in [0.25, 0.3) is 0 Å². The van der Waals surface area contributed by atoms with Crippen molar-refractivity contribution in [3.05, 3.63) is 11.1 Å². The fraction of sp³-hybridized carbons (Fsp3) is 0.900. The molecular weight excluding hydrogens is 336 g/mol. The number of methoxy groups -OCH3 is 2. The summed E-state index contributed by atoms with van der Waals surface area (Å²) in [6.45, 7) is 2.46. The molecule has 0 saturated heterocycles. The molecule has 6 nitrogen and oxygen atoms in total. The van der Waals surface area contributed by atoms with Gasteiger partial charge < -0.3 is 29.2 Å². The van der Waals surface area contributed by atoms with E-state index in [1.54, 1.807) is 14.2 Å². The molecule has 0 aromatic heterocycles. The van der Waals surface area contributed by atoms with E-state index < -0.39 is 12.2 Å². The standard InChI is InChI=1S/C20H34O6/c1-12-15-7-14(9-16(12)21)20(26-11-24-3)19-13(8-17(15)22)5-4-6-18(19)25-10-23-2/h13-14,16-22H,4-11H2,1-3H3/t13-,14?,16?,17?,18?,19?,20?/m1/s1. The summed E-state index contributed by atoms with van der Waals surface area (Å²) in [5.41, 5.74) is 1.96. The Labute approximate surface area is 156 Å². The molecule has 150 valence electrons. The van der Waals surface area contributed by atoms with Gasteiger partial charge in [0.15, 0.2) is 0 Å². The van der Waals surface area contributed by atoms with Gasteiger partial charge in [0.2, 0.25) is 0 Å². The van der Waals surface area contributed by atoms with Gasteiger partial charge in [-0.15, -0.1) is 0 Å². The SMILES string of the molecule is COCOC1CCC[C@@H]2CC(O)C3=C(C)C(O)CC(C3)C(OCOC)C12. The van der Waals surface area contributed by atoms with Crippen LogP contribution < -0.4 is 0 Å². The number of hydrogen-bond acceptors (Lipinski definition) is 6. The van der Waals surface area contributed by atoms with Crippen molar-refractivity contribution in [2.75, 3.05) is 27.8 Å². The monoisotopic (exact) mass is 370 g/mol. The third kappa shape index (κ3) is 4.16. The van der Waals surface area contributed by atoms with Crippen LogP contribution in [0.3, 0.4) is 0 Å². The predicted molar refractivity (Wildman–Crippen MR) is 96.4 cm³/mol. The molecule has 7 atom stereocenters. The number of hydrogen-bond donors (Lipinski definition) is 2. The largest absolute Gasteiger partial charge is 0.389 e. The van der Waals surface area contributed by atoms with E-state index in [2.05, 4.69) is 0 Å². The quantitative estimate of drug-likeness (QED) is 0.552. The van der Waals surface area contributed by atoms with Crippen molar-refractivity contribution < 1.29 is 29.2 Å². The molecule has 0 heterocycles. The second kappa shape index (κ2) is 9.13. The maximum absolute atomic E-state index is 10.9. The van der Waals surface area contributed by atoms with Crippen LogP contribution in [0.4, 0.5) is 0 Å². The van der Waals surface area contributed by atoms with E-state index >= 15 is 0 Å². The second-order valence-corrected chi connectivity index (χ2v) is 8.09. The third-order valence-electron chi connectivity index (χ3n) is 6.60. The van der Waals surface area contributed by atoms with E-state index in [1.807, 2.05) is 6.92 Å². The number of rotatable bonds is 6. The number of fused-ring (bicyclic) bond motifs is 3. The maximum atomic E-state index is 10.9. The summed E-state index contributed by atoms with van der Waals surface area (Å²) in [6.07, 6.45) is 4.29. The Balaban J connectivity index is 1.92. The molecule has 3 aliphatic rings. The van der Waals surface area contributed by atoms with Gasteiger partial charge in [-0.1, -0.05) is 6.42 Å². The lowest BCUT2D eigenvalue weighted by Gasteiger charge is -2.49. The normalized spacial score (nSPS) is 40.7. The van der Waals surface area contributed by atoms with Crippen molar-refractivity contribution >= 4 is 0 Å². The van der Waals surface area contributed by atoms with Crippen molar-refractivity contribution in [1.82, 2.24) is 0 Å². The molecule has 3 aliphatic carbocycles. The molecule has 6 unspecified atom stereocenters. The average molecular weight is 370 g/mol. The molecule has 0 spiro atoms. The number of aliphatic hydroxyl groups is 2. The van der Waals surface area contributed by atoms with E-state index in [-0.39, 0.29) is 37.6 Å². The molecule has 2 saturated carbocycles. The van der Waals surface area contributed by atoms with Crippen molar-refractivity contribution in [2.45, 2.75) is 69.9 Å². The summed E-state index contributed by atoms with van der Waals surface area (Å²) in [6, 6.07) is 0. The van der Waals surface area contributed by atoms with E-state index in [0.717, 1.165) is 36.8 Å². The van der Waals surface area contributed by atoms with Gasteiger partial charge in [-0.3, -0.25) is 0 Å². The first-order valence-corrected chi connectivity index (χ1v) is 9.83. The first-order valence-electron chi connectivity index (χ1n) is 9.83. The summed E-state index contributed by atoms with van der Waals surface area (Å²) in [5.74, 6) is 0.678. The molecule has 26 heavy (non-hydrogen) atoms. The minimum absolute atomic E-state index is 0.0487. The second-order valence-electron chi connectivity index (χ2n) is 8.09. The van der Waals surface area contributed by atoms with Crippen LogP contribution in [0.2, 0.25) is 0 Å². The zero-order valence-corrected chi connectivity index (χ0v) is 16.2. The number of aliphatic hydroxyl groups excluding tert-OH is 2. The first-order chi connectivity index (χ1) is 12.6. The third-order valence-corrected chi connectivity index (χ3v) is 6.60. The van der Waals surface area contributed by atoms with Gasteiger partial charge in [0.1, 0.15) is 13.6 Å². The minimum atomic E-state index is -0.509. The molecule has 0 aliphatic heterocycles. The van der Waals surface area contributed by atoms with E-state index in [1.165, 1.54) is 0 Å². The molecule has 2 N–H and O–H groups in total. The lowest BCUT2D eigenvalue weighted by atomic mass is 9.63. The van der Waals surface area contributed by atoms with Crippen LogP contribution in [0.25, 0.3) is 0 Å². The summed E-state index contributed by atoms with van der Waals surface area (Å²) in [7, 11) is 3.27. The molecule has 0 amide bonds. The van der Waals surface area contributed by atoms with Crippen molar-refractivity contribution in [3.8, 4) is 0 Å². The van der Waals surface area contributed by atoms with Crippen molar-refractivity contribution in [3.63, 3.8) is 0 Å². The highest BCUT2D eigenvalue weighted by atomic mass is 16.7. The first kappa shape index (κ1) is 20.2. The van der Waals surface area contributed by atoms with E-state index in [0.29, 0.717) is 18.8 Å². The van der Waals surface area contributed by atoms with E-state index in [9.17, 15) is 10.2 Å². The Bertz CT molecular complexity index is 493. The summed E-state index contributed by atoms with van der Waals surface area (Å²) >= 11 is 0. The van der Waals surface area contributed by atoms with Crippen LogP contribution in [-0.2, 0) is 18.9 Å². The van der Waals surface area contributed by atoms with Crippen molar-refractivity contribution in [1.29, 1.82) is 0 Å². The summed E-state index contributed by atoms with van der Waals surface area (Å²) < 4.78 is 22.6. The molecule has 0 aromatic rings. The highest BCUT2D eigenvalue weighted by Crippen LogP contribution is 2.47. The highest BCUT2D eigenvalue weighted by Gasteiger charge is 2.48. The average Bonchev–Trinajstić information content (AvgIpc) is 2.62. The fourth-order valence-electron chi connectivity index (χ4n) is 5.36. The van der Waals surface area contributed by atoms with Crippen LogP contribution >= 0.6 is 0 Å². The zero-order valence-electron chi connectivity index (χ0n) is 16.2. The topological polar surface area (TPSA) is 77.4 Å². The highest BCUT2D eigenvalue weighted by molar-refractivity contribution is 5.25. The predicted octanol–water partition coefficient (Wildman–Crippen LogP) is 2.23. The molecule has 0 radical (unpaired) electrons. The van der Waals surface area contributed by atoms with E-state index in [4.69, 9.17) is 18.9 Å². The van der Waals surface area contributed by atoms with Crippen LogP contribution in [0.5, 0.6) is 0 Å². The summed E-state index contributed by atoms with van der Waals surface area (Å²) in [5, 5.41) is 21.4.